The molecule has 6 heteroatoms. The molecule has 0 bridgehead atoms. The van der Waals surface area contributed by atoms with Gasteiger partial charge >= 0.3 is 12.0 Å². The summed E-state index contributed by atoms with van der Waals surface area (Å²) >= 11 is 1.87. The van der Waals surface area contributed by atoms with E-state index >= 15 is 0 Å². The molecular weight excluding hydrogens is 264 g/mol. The SMILES string of the molecule is CC1(C)CN(C(=O)NC2CCCC2C(=O)O)CCS1. The van der Waals surface area contributed by atoms with Crippen LogP contribution >= 0.6 is 11.8 Å². The Bertz CT molecular complexity index is 373. The molecule has 2 unspecified atom stereocenters. The fourth-order valence-corrected chi connectivity index (χ4v) is 3.98. The summed E-state index contributed by atoms with van der Waals surface area (Å²) in [7, 11) is 0. The quantitative estimate of drug-likeness (QED) is 0.812. The largest absolute Gasteiger partial charge is 0.481 e. The lowest BCUT2D eigenvalue weighted by Crippen LogP contribution is -2.53. The van der Waals surface area contributed by atoms with Gasteiger partial charge in [-0.2, -0.15) is 11.8 Å². The molecule has 0 radical (unpaired) electrons. The standard InChI is InChI=1S/C13H22N2O3S/c1-13(2)8-15(6-7-19-13)12(18)14-10-5-3-4-9(10)11(16)17/h9-10H,3-8H2,1-2H3,(H,14,18)(H,16,17). The molecule has 1 saturated carbocycles. The van der Waals surface area contributed by atoms with E-state index in [0.29, 0.717) is 13.0 Å². The van der Waals surface area contributed by atoms with Crippen LogP contribution in [0.2, 0.25) is 0 Å². The van der Waals surface area contributed by atoms with Gasteiger partial charge in [0.1, 0.15) is 0 Å². The lowest BCUT2D eigenvalue weighted by molar-refractivity contribution is -0.142. The van der Waals surface area contributed by atoms with Crippen molar-refractivity contribution in [2.24, 2.45) is 5.92 Å². The third kappa shape index (κ3) is 3.55. The van der Waals surface area contributed by atoms with Crippen molar-refractivity contribution < 1.29 is 14.7 Å². The molecule has 2 rings (SSSR count). The number of urea groups is 1. The summed E-state index contributed by atoms with van der Waals surface area (Å²) in [5, 5.41) is 12.0. The second-order valence-corrected chi connectivity index (χ2v) is 7.76. The summed E-state index contributed by atoms with van der Waals surface area (Å²) < 4.78 is 0.0808. The first-order valence-corrected chi connectivity index (χ1v) is 7.80. The number of aliphatic carboxylic acids is 1. The van der Waals surface area contributed by atoms with Crippen molar-refractivity contribution in [3.8, 4) is 0 Å². The Morgan fingerprint density at radius 1 is 1.37 bits per heavy atom. The van der Waals surface area contributed by atoms with Crippen LogP contribution in [0.3, 0.4) is 0 Å². The van der Waals surface area contributed by atoms with E-state index in [2.05, 4.69) is 19.2 Å². The van der Waals surface area contributed by atoms with Crippen LogP contribution in [0.15, 0.2) is 0 Å². The third-order valence-electron chi connectivity index (χ3n) is 3.85. The molecule has 2 aliphatic rings. The average Bonchev–Trinajstić information content (AvgIpc) is 2.75. The third-order valence-corrected chi connectivity index (χ3v) is 5.15. The molecule has 2 N–H and O–H groups in total. The van der Waals surface area contributed by atoms with Crippen molar-refractivity contribution in [3.63, 3.8) is 0 Å². The first-order chi connectivity index (χ1) is 8.89. The summed E-state index contributed by atoms with van der Waals surface area (Å²) in [6.45, 7) is 5.72. The van der Waals surface area contributed by atoms with E-state index in [9.17, 15) is 9.59 Å². The number of nitrogens with zero attached hydrogens (tertiary/aromatic N) is 1. The van der Waals surface area contributed by atoms with Crippen molar-refractivity contribution in [2.45, 2.75) is 43.9 Å². The molecule has 5 nitrogen and oxygen atoms in total. The number of carboxylic acids is 1. The van der Waals surface area contributed by atoms with Crippen LogP contribution in [0.1, 0.15) is 33.1 Å². The van der Waals surface area contributed by atoms with Crippen LogP contribution in [0.4, 0.5) is 4.79 Å². The zero-order valence-corrected chi connectivity index (χ0v) is 12.3. The Morgan fingerprint density at radius 2 is 2.11 bits per heavy atom. The summed E-state index contributed by atoms with van der Waals surface area (Å²) in [4.78, 5) is 25.1. The maximum Gasteiger partial charge on any atom is 0.317 e. The lowest BCUT2D eigenvalue weighted by Gasteiger charge is -2.38. The molecule has 2 amide bonds. The zero-order chi connectivity index (χ0) is 14.0. The van der Waals surface area contributed by atoms with E-state index in [1.165, 1.54) is 0 Å². The number of carboxylic acid groups (broad SMARTS) is 1. The van der Waals surface area contributed by atoms with E-state index in [1.807, 2.05) is 16.7 Å². The van der Waals surface area contributed by atoms with Gasteiger partial charge < -0.3 is 15.3 Å². The fourth-order valence-electron chi connectivity index (χ4n) is 2.87. The van der Waals surface area contributed by atoms with Gasteiger partial charge in [-0.25, -0.2) is 4.79 Å². The van der Waals surface area contributed by atoms with Crippen LogP contribution in [-0.2, 0) is 4.79 Å². The predicted molar refractivity (Wildman–Crippen MR) is 75.4 cm³/mol. The Labute approximate surface area is 118 Å². The monoisotopic (exact) mass is 286 g/mol. The Balaban J connectivity index is 1.92. The maximum absolute atomic E-state index is 12.2. The second kappa shape index (κ2) is 5.61. The molecule has 2 atom stereocenters. The average molecular weight is 286 g/mol. The predicted octanol–water partition coefficient (Wildman–Crippen LogP) is 1.78. The van der Waals surface area contributed by atoms with Crippen molar-refractivity contribution in [1.29, 1.82) is 0 Å². The highest BCUT2D eigenvalue weighted by Crippen LogP contribution is 2.30. The topological polar surface area (TPSA) is 69.6 Å². The summed E-state index contributed by atoms with van der Waals surface area (Å²) in [5.74, 6) is -0.276. The van der Waals surface area contributed by atoms with Crippen LogP contribution < -0.4 is 5.32 Å². The second-order valence-electron chi connectivity index (χ2n) is 5.96. The number of carbonyl (C=O) groups excluding carboxylic acids is 1. The first kappa shape index (κ1) is 14.5. The van der Waals surface area contributed by atoms with Gasteiger partial charge in [0.25, 0.3) is 0 Å². The number of carbonyl (C=O) groups is 2. The minimum Gasteiger partial charge on any atom is -0.481 e. The number of hydrogen-bond donors (Lipinski definition) is 2. The van der Waals surface area contributed by atoms with Crippen LogP contribution in [0.5, 0.6) is 0 Å². The normalized spacial score (nSPS) is 30.1. The van der Waals surface area contributed by atoms with Crippen LogP contribution in [-0.4, -0.2) is 51.6 Å². The highest BCUT2D eigenvalue weighted by molar-refractivity contribution is 8.00. The van der Waals surface area contributed by atoms with Crippen molar-refractivity contribution >= 4 is 23.8 Å². The van der Waals surface area contributed by atoms with Crippen molar-refractivity contribution in [2.75, 3.05) is 18.8 Å². The maximum atomic E-state index is 12.2. The molecule has 1 saturated heterocycles. The van der Waals surface area contributed by atoms with E-state index in [-0.39, 0.29) is 16.8 Å². The smallest absolute Gasteiger partial charge is 0.317 e. The number of rotatable bonds is 2. The highest BCUT2D eigenvalue weighted by Gasteiger charge is 2.36. The van der Waals surface area contributed by atoms with E-state index in [4.69, 9.17) is 5.11 Å². The summed E-state index contributed by atoms with van der Waals surface area (Å²) in [6, 6.07) is -0.311. The van der Waals surface area contributed by atoms with Gasteiger partial charge in [0, 0.05) is 29.6 Å². The molecule has 108 valence electrons. The minimum atomic E-state index is -0.794. The molecule has 1 aliphatic heterocycles. The minimum absolute atomic E-state index is 0.0808. The van der Waals surface area contributed by atoms with Gasteiger partial charge in [-0.05, 0) is 26.7 Å². The van der Waals surface area contributed by atoms with E-state index < -0.39 is 11.9 Å². The summed E-state index contributed by atoms with van der Waals surface area (Å²) in [5.41, 5.74) is 0. The number of hydrogen-bond acceptors (Lipinski definition) is 3. The van der Waals surface area contributed by atoms with Gasteiger partial charge in [-0.3, -0.25) is 4.79 Å². The molecule has 1 heterocycles. The lowest BCUT2D eigenvalue weighted by atomic mass is 10.0. The van der Waals surface area contributed by atoms with Crippen LogP contribution in [0.25, 0.3) is 0 Å². The Hall–Kier alpha value is -0.910. The number of amides is 2. The van der Waals surface area contributed by atoms with Gasteiger partial charge in [0.05, 0.1) is 5.92 Å². The van der Waals surface area contributed by atoms with E-state index in [1.54, 1.807) is 0 Å². The van der Waals surface area contributed by atoms with Crippen molar-refractivity contribution in [3.05, 3.63) is 0 Å². The fraction of sp³-hybridized carbons (Fsp3) is 0.846. The molecule has 2 fully saturated rings. The molecule has 0 aromatic carbocycles. The number of thioether (sulfide) groups is 1. The van der Waals surface area contributed by atoms with Crippen molar-refractivity contribution in [1.82, 2.24) is 10.2 Å². The molecule has 0 spiro atoms. The Kier molecular flexibility index (Phi) is 4.28. The molecule has 0 aromatic heterocycles. The first-order valence-electron chi connectivity index (χ1n) is 6.81. The van der Waals surface area contributed by atoms with Gasteiger partial charge in [0.2, 0.25) is 0 Å². The van der Waals surface area contributed by atoms with Gasteiger partial charge in [0.15, 0.2) is 0 Å². The van der Waals surface area contributed by atoms with E-state index in [0.717, 1.165) is 25.1 Å². The molecular formula is C13H22N2O3S. The Morgan fingerprint density at radius 3 is 2.74 bits per heavy atom. The summed E-state index contributed by atoms with van der Waals surface area (Å²) in [6.07, 6.45) is 2.32. The highest BCUT2D eigenvalue weighted by atomic mass is 32.2. The molecule has 19 heavy (non-hydrogen) atoms. The van der Waals surface area contributed by atoms with Gasteiger partial charge in [-0.1, -0.05) is 6.42 Å². The van der Waals surface area contributed by atoms with Crippen LogP contribution in [0, 0.1) is 5.92 Å². The van der Waals surface area contributed by atoms with Gasteiger partial charge in [-0.15, -0.1) is 0 Å². The zero-order valence-electron chi connectivity index (χ0n) is 11.5. The molecule has 1 aliphatic carbocycles. The number of nitrogens with one attached hydrogen (secondary N) is 1. The molecule has 0 aromatic rings.